The van der Waals surface area contributed by atoms with E-state index in [1.165, 1.54) is 11.2 Å². The molecule has 1 aliphatic rings. The van der Waals surface area contributed by atoms with Gasteiger partial charge in [0.25, 0.3) is 0 Å². The molecule has 0 aliphatic carbocycles. The first kappa shape index (κ1) is 41.1. The number of nitrogens with one attached hydrogen (secondary N) is 6. The third kappa shape index (κ3) is 10.8. The number of fused-ring (bicyclic) bond motifs is 1. The van der Waals surface area contributed by atoms with Gasteiger partial charge in [-0.15, -0.1) is 0 Å². The van der Waals surface area contributed by atoms with E-state index in [0.717, 1.165) is 22.0 Å². The van der Waals surface area contributed by atoms with Crippen LogP contribution in [0, 0.1) is 0 Å². The Morgan fingerprint density at radius 2 is 1.54 bits per heavy atom. The smallest absolute Gasteiger partial charge is 0.245 e. The van der Waals surface area contributed by atoms with Crippen molar-refractivity contribution in [3.05, 3.63) is 90.1 Å². The van der Waals surface area contributed by atoms with Gasteiger partial charge in [0.15, 0.2) is 0 Å². The summed E-state index contributed by atoms with van der Waals surface area (Å²) >= 11 is 0. The molecular formula is C39H51N11O6. The zero-order valence-corrected chi connectivity index (χ0v) is 31.3. The molecule has 6 atom stereocenters. The van der Waals surface area contributed by atoms with Crippen molar-refractivity contribution < 1.29 is 28.8 Å². The van der Waals surface area contributed by atoms with E-state index in [4.69, 9.17) is 17.2 Å². The van der Waals surface area contributed by atoms with Crippen molar-refractivity contribution in [2.24, 2.45) is 17.2 Å². The molecule has 0 saturated carbocycles. The molecule has 298 valence electrons. The molecule has 56 heavy (non-hydrogen) atoms. The van der Waals surface area contributed by atoms with Crippen molar-refractivity contribution in [2.45, 2.75) is 88.1 Å². The molecule has 1 saturated heterocycles. The molecular weight excluding hydrogens is 718 g/mol. The predicted molar refractivity (Wildman–Crippen MR) is 208 cm³/mol. The van der Waals surface area contributed by atoms with Crippen molar-refractivity contribution in [3.8, 4) is 0 Å². The van der Waals surface area contributed by atoms with Crippen LogP contribution in [0.3, 0.4) is 0 Å². The van der Waals surface area contributed by atoms with Gasteiger partial charge >= 0.3 is 0 Å². The van der Waals surface area contributed by atoms with E-state index in [9.17, 15) is 28.8 Å². The van der Waals surface area contributed by atoms with Crippen LogP contribution in [0.2, 0.25) is 0 Å². The fourth-order valence-corrected chi connectivity index (χ4v) is 6.77. The van der Waals surface area contributed by atoms with Gasteiger partial charge in [0.1, 0.15) is 30.2 Å². The summed E-state index contributed by atoms with van der Waals surface area (Å²) in [4.78, 5) is 91.9. The Morgan fingerprint density at radius 1 is 0.857 bits per heavy atom. The van der Waals surface area contributed by atoms with Crippen molar-refractivity contribution in [1.29, 1.82) is 0 Å². The Kier molecular flexibility index (Phi) is 14.3. The Labute approximate surface area is 324 Å². The number of primary amides is 1. The largest absolute Gasteiger partial charge is 0.368 e. The summed E-state index contributed by atoms with van der Waals surface area (Å²) in [6.07, 6.45) is 6.84. The second-order valence-corrected chi connectivity index (χ2v) is 14.1. The number of carbonyl (C=O) groups is 6. The first-order valence-electron chi connectivity index (χ1n) is 18.8. The maximum absolute atomic E-state index is 14.3. The molecule has 0 radical (unpaired) electrons. The van der Waals surface area contributed by atoms with Crippen molar-refractivity contribution in [3.63, 3.8) is 0 Å². The molecule has 3 heterocycles. The van der Waals surface area contributed by atoms with Crippen LogP contribution in [-0.2, 0) is 48.0 Å². The molecule has 12 N–H and O–H groups in total. The van der Waals surface area contributed by atoms with Gasteiger partial charge in [0, 0.05) is 54.8 Å². The van der Waals surface area contributed by atoms with E-state index < -0.39 is 71.7 Å². The van der Waals surface area contributed by atoms with Crippen LogP contribution in [-0.4, -0.2) is 105 Å². The van der Waals surface area contributed by atoms with Crippen LogP contribution < -0.4 is 38.5 Å². The van der Waals surface area contributed by atoms with E-state index in [0.29, 0.717) is 25.1 Å². The normalized spacial score (nSPS) is 16.7. The van der Waals surface area contributed by atoms with Gasteiger partial charge in [-0.25, -0.2) is 4.98 Å². The summed E-state index contributed by atoms with van der Waals surface area (Å²) in [5.41, 5.74) is 20.3. The minimum Gasteiger partial charge on any atom is -0.368 e. The molecule has 6 amide bonds. The lowest BCUT2D eigenvalue weighted by Crippen LogP contribution is -2.59. The number of amides is 6. The number of carbonyl (C=O) groups excluding carboxylic acids is 6. The topological polar surface area (TPSA) is 276 Å². The van der Waals surface area contributed by atoms with E-state index in [2.05, 4.69) is 36.2 Å². The Hall–Kier alpha value is -6.07. The van der Waals surface area contributed by atoms with Crippen molar-refractivity contribution in [2.75, 3.05) is 13.1 Å². The lowest BCUT2D eigenvalue weighted by Gasteiger charge is -2.28. The Balaban J connectivity index is 1.32. The molecule has 1 aliphatic heterocycles. The summed E-state index contributed by atoms with van der Waals surface area (Å²) in [6, 6.07) is 10.4. The zero-order valence-electron chi connectivity index (χ0n) is 31.3. The van der Waals surface area contributed by atoms with Gasteiger partial charge in [-0.05, 0) is 56.3 Å². The average Bonchev–Trinajstić information content (AvgIpc) is 3.94. The molecule has 0 spiro atoms. The molecule has 17 heteroatoms. The quantitative estimate of drug-likeness (QED) is 0.0520. The monoisotopic (exact) mass is 769 g/mol. The third-order valence-electron chi connectivity index (χ3n) is 9.99. The van der Waals surface area contributed by atoms with Crippen LogP contribution in [0.4, 0.5) is 0 Å². The number of unbranched alkanes of at least 4 members (excludes halogenated alkanes) is 1. The minimum absolute atomic E-state index is 0.0395. The van der Waals surface area contributed by atoms with Gasteiger partial charge in [0.05, 0.1) is 12.4 Å². The number of H-pyrrole nitrogens is 2. The molecule has 2 aromatic carbocycles. The minimum atomic E-state index is -1.19. The first-order valence-corrected chi connectivity index (χ1v) is 18.8. The van der Waals surface area contributed by atoms with Crippen LogP contribution in [0.15, 0.2) is 73.3 Å². The van der Waals surface area contributed by atoms with Gasteiger partial charge in [-0.3, -0.25) is 28.8 Å². The SMILES string of the molecule is C[C@@H](C(=O)N[C@@H](Cc1c[nH]c2ccccc12)C(=O)N[C@H](Cc1ccccc1)C(=O)N[C@@H](CCCCN)C(N)=O)N1CC[C@@H](NC(=O)[C@@H](N)Cc2cnc[nH]2)C1=O. The summed E-state index contributed by atoms with van der Waals surface area (Å²) in [7, 11) is 0. The summed E-state index contributed by atoms with van der Waals surface area (Å²) < 4.78 is 0. The Morgan fingerprint density at radius 3 is 2.23 bits per heavy atom. The Bertz CT molecular complexity index is 1970. The molecule has 5 rings (SSSR count). The van der Waals surface area contributed by atoms with Crippen molar-refractivity contribution in [1.82, 2.24) is 41.1 Å². The van der Waals surface area contributed by atoms with E-state index in [-0.39, 0.29) is 38.6 Å². The molecule has 2 aromatic heterocycles. The molecule has 1 fully saturated rings. The van der Waals surface area contributed by atoms with Gasteiger partial charge in [0.2, 0.25) is 35.4 Å². The number of nitrogens with two attached hydrogens (primary N) is 3. The van der Waals surface area contributed by atoms with E-state index >= 15 is 0 Å². The molecule has 17 nitrogen and oxygen atoms in total. The predicted octanol–water partition coefficient (Wildman–Crippen LogP) is -0.579. The lowest BCUT2D eigenvalue weighted by molar-refractivity contribution is -0.140. The standard InChI is InChI=1S/C39H51N11O6/c1-23(50-16-14-31(39(50)56)47-36(53)28(41)19-26-21-43-22-45-26)35(52)48-33(18-25-20-44-29-12-6-5-11-27(25)29)38(55)49-32(17-24-9-3-2-4-10-24)37(54)46-30(34(42)51)13-7-8-15-40/h2-6,9-12,20-23,28,30-33,44H,7-8,13-19,40-41H2,1H3,(H2,42,51)(H,43,45)(H,46,54)(H,47,53)(H,48,52)(H,49,55)/t23-,28-,30-,31+,32+,33-/m0/s1. The number of aromatic amines is 2. The fourth-order valence-electron chi connectivity index (χ4n) is 6.77. The van der Waals surface area contributed by atoms with Crippen LogP contribution >= 0.6 is 0 Å². The number of benzene rings is 2. The van der Waals surface area contributed by atoms with Crippen LogP contribution in [0.5, 0.6) is 0 Å². The summed E-state index contributed by atoms with van der Waals surface area (Å²) in [5, 5.41) is 11.9. The molecule has 0 bridgehead atoms. The zero-order chi connectivity index (χ0) is 40.2. The highest BCUT2D eigenvalue weighted by molar-refractivity contribution is 5.97. The second kappa shape index (κ2) is 19.5. The van der Waals surface area contributed by atoms with E-state index in [1.807, 2.05) is 42.5 Å². The van der Waals surface area contributed by atoms with E-state index in [1.54, 1.807) is 31.5 Å². The van der Waals surface area contributed by atoms with Crippen molar-refractivity contribution >= 4 is 46.3 Å². The second-order valence-electron chi connectivity index (χ2n) is 14.1. The van der Waals surface area contributed by atoms with Gasteiger partial charge in [-0.2, -0.15) is 0 Å². The highest BCUT2D eigenvalue weighted by Crippen LogP contribution is 2.20. The lowest BCUT2D eigenvalue weighted by atomic mass is 10.0. The summed E-state index contributed by atoms with van der Waals surface area (Å²) in [5.74, 6) is -3.58. The highest BCUT2D eigenvalue weighted by atomic mass is 16.2. The molecule has 0 unspecified atom stereocenters. The van der Waals surface area contributed by atoms with Gasteiger partial charge in [-0.1, -0.05) is 48.5 Å². The highest BCUT2D eigenvalue weighted by Gasteiger charge is 2.39. The maximum atomic E-state index is 14.3. The molecule has 4 aromatic rings. The fraction of sp³-hybridized carbons (Fsp3) is 0.410. The first-order chi connectivity index (χ1) is 26.9. The number of likely N-dealkylation sites (tertiary alicyclic amines) is 1. The number of para-hydroxylation sites is 1. The number of hydrogen-bond acceptors (Lipinski definition) is 9. The number of rotatable bonds is 20. The third-order valence-corrected chi connectivity index (χ3v) is 9.99. The van der Waals surface area contributed by atoms with Crippen LogP contribution in [0.1, 0.15) is 49.4 Å². The number of imidazole rings is 1. The summed E-state index contributed by atoms with van der Waals surface area (Å²) in [6.45, 7) is 2.14. The number of hydrogen-bond donors (Lipinski definition) is 9. The maximum Gasteiger partial charge on any atom is 0.245 e. The average molecular weight is 770 g/mol. The van der Waals surface area contributed by atoms with Gasteiger partial charge < -0.3 is 53.3 Å². The number of nitrogens with zero attached hydrogens (tertiary/aromatic N) is 2. The number of aromatic nitrogens is 3. The van der Waals surface area contributed by atoms with Crippen LogP contribution in [0.25, 0.3) is 10.9 Å².